The summed E-state index contributed by atoms with van der Waals surface area (Å²) in [6.07, 6.45) is -0.431. The van der Waals surface area contributed by atoms with Crippen molar-refractivity contribution in [3.8, 4) is 0 Å². The number of hydrogen-bond donors (Lipinski definition) is 2. The Morgan fingerprint density at radius 3 is 2.25 bits per heavy atom. The van der Waals surface area contributed by atoms with Gasteiger partial charge < -0.3 is 15.6 Å². The molecule has 3 nitrogen and oxygen atoms in total. The highest BCUT2D eigenvalue weighted by molar-refractivity contribution is 5.85. The third-order valence-electron chi connectivity index (χ3n) is 1.09. The first kappa shape index (κ1) is 8.17. The smallest absolute Gasteiger partial charge is 0.0946 e. The molecule has 0 unspecified atom stereocenters. The molecule has 1 aliphatic rings. The summed E-state index contributed by atoms with van der Waals surface area (Å²) in [4.78, 5) is 0. The van der Waals surface area contributed by atoms with Crippen molar-refractivity contribution in [3.05, 3.63) is 0 Å². The molecule has 0 saturated carbocycles. The SMILES string of the molecule is Cl.N[C@@H]1COC[C@@H]1O. The highest BCUT2D eigenvalue weighted by Gasteiger charge is 2.21. The van der Waals surface area contributed by atoms with E-state index in [0.29, 0.717) is 13.2 Å². The minimum absolute atomic E-state index is 0. The van der Waals surface area contributed by atoms with Gasteiger partial charge in [0.05, 0.1) is 25.4 Å². The van der Waals surface area contributed by atoms with Crippen LogP contribution in [0.5, 0.6) is 0 Å². The van der Waals surface area contributed by atoms with Crippen molar-refractivity contribution in [3.63, 3.8) is 0 Å². The fourth-order valence-corrected chi connectivity index (χ4v) is 0.560. The van der Waals surface area contributed by atoms with Crippen molar-refractivity contribution < 1.29 is 9.84 Å². The van der Waals surface area contributed by atoms with E-state index in [1.807, 2.05) is 0 Å². The summed E-state index contributed by atoms with van der Waals surface area (Å²) in [5.74, 6) is 0. The molecule has 1 heterocycles. The summed E-state index contributed by atoms with van der Waals surface area (Å²) in [7, 11) is 0. The molecular formula is C4H10ClNO2. The lowest BCUT2D eigenvalue weighted by Crippen LogP contribution is -2.32. The van der Waals surface area contributed by atoms with Gasteiger partial charge in [0.25, 0.3) is 0 Å². The van der Waals surface area contributed by atoms with Crippen LogP contribution in [-0.2, 0) is 4.74 Å². The van der Waals surface area contributed by atoms with Crippen LogP contribution >= 0.6 is 12.4 Å². The molecule has 1 saturated heterocycles. The van der Waals surface area contributed by atoms with Crippen molar-refractivity contribution >= 4 is 12.4 Å². The summed E-state index contributed by atoms with van der Waals surface area (Å²) < 4.78 is 4.79. The van der Waals surface area contributed by atoms with Gasteiger partial charge in [-0.2, -0.15) is 0 Å². The van der Waals surface area contributed by atoms with Crippen LogP contribution in [-0.4, -0.2) is 30.5 Å². The number of rotatable bonds is 0. The van der Waals surface area contributed by atoms with Gasteiger partial charge in [0.1, 0.15) is 0 Å². The summed E-state index contributed by atoms with van der Waals surface area (Å²) >= 11 is 0. The van der Waals surface area contributed by atoms with Crippen LogP contribution in [0.15, 0.2) is 0 Å². The monoisotopic (exact) mass is 139 g/mol. The Morgan fingerprint density at radius 1 is 1.50 bits per heavy atom. The van der Waals surface area contributed by atoms with Crippen LogP contribution in [0.4, 0.5) is 0 Å². The lowest BCUT2D eigenvalue weighted by molar-refractivity contribution is 0.125. The molecule has 0 aromatic rings. The van der Waals surface area contributed by atoms with Crippen molar-refractivity contribution in [2.24, 2.45) is 5.73 Å². The van der Waals surface area contributed by atoms with Gasteiger partial charge in [0.15, 0.2) is 0 Å². The molecule has 50 valence electrons. The zero-order valence-electron chi connectivity index (χ0n) is 4.41. The number of hydrogen-bond acceptors (Lipinski definition) is 3. The minimum atomic E-state index is -0.431. The number of halogens is 1. The maximum Gasteiger partial charge on any atom is 0.0946 e. The first-order chi connectivity index (χ1) is 3.30. The number of nitrogens with two attached hydrogens (primary N) is 1. The van der Waals surface area contributed by atoms with Gasteiger partial charge >= 0.3 is 0 Å². The summed E-state index contributed by atoms with van der Waals surface area (Å²) in [6.45, 7) is 0.905. The third-order valence-corrected chi connectivity index (χ3v) is 1.09. The van der Waals surface area contributed by atoms with Crippen LogP contribution in [0.1, 0.15) is 0 Å². The minimum Gasteiger partial charge on any atom is -0.389 e. The maximum absolute atomic E-state index is 8.75. The van der Waals surface area contributed by atoms with E-state index in [4.69, 9.17) is 15.6 Å². The molecule has 1 rings (SSSR count). The van der Waals surface area contributed by atoms with Crippen LogP contribution < -0.4 is 5.73 Å². The number of aliphatic hydroxyl groups is 1. The average molecular weight is 140 g/mol. The second-order valence-corrected chi connectivity index (χ2v) is 1.77. The largest absolute Gasteiger partial charge is 0.389 e. The molecule has 0 aliphatic carbocycles. The standard InChI is InChI=1S/C4H9NO2.ClH/c5-3-1-7-2-4(3)6;/h3-4,6H,1-2,5H2;1H/t3-,4+;/m1./s1. The molecule has 1 aliphatic heterocycles. The molecule has 0 amide bonds. The van der Waals surface area contributed by atoms with Crippen molar-refractivity contribution in [2.75, 3.05) is 13.2 Å². The second kappa shape index (κ2) is 3.25. The Morgan fingerprint density at radius 2 is 2.12 bits per heavy atom. The van der Waals surface area contributed by atoms with E-state index in [0.717, 1.165) is 0 Å². The summed E-state index contributed by atoms with van der Waals surface area (Å²) in [5, 5.41) is 8.75. The van der Waals surface area contributed by atoms with Gasteiger partial charge in [-0.05, 0) is 0 Å². The van der Waals surface area contributed by atoms with Crippen LogP contribution in [0.25, 0.3) is 0 Å². The quantitative estimate of drug-likeness (QED) is 0.459. The van der Waals surface area contributed by atoms with E-state index < -0.39 is 6.10 Å². The number of ether oxygens (including phenoxy) is 1. The molecule has 4 heteroatoms. The lowest BCUT2D eigenvalue weighted by atomic mass is 10.2. The van der Waals surface area contributed by atoms with E-state index in [2.05, 4.69) is 0 Å². The van der Waals surface area contributed by atoms with Gasteiger partial charge in [0, 0.05) is 0 Å². The first-order valence-electron chi connectivity index (χ1n) is 2.32. The van der Waals surface area contributed by atoms with Crippen LogP contribution in [0, 0.1) is 0 Å². The first-order valence-corrected chi connectivity index (χ1v) is 2.32. The Labute approximate surface area is 54.2 Å². The van der Waals surface area contributed by atoms with Crippen molar-refractivity contribution in [1.29, 1.82) is 0 Å². The normalized spacial score (nSPS) is 36.8. The van der Waals surface area contributed by atoms with E-state index in [1.54, 1.807) is 0 Å². The predicted molar refractivity (Wildman–Crippen MR) is 32.0 cm³/mol. The highest BCUT2D eigenvalue weighted by Crippen LogP contribution is 2.00. The summed E-state index contributed by atoms with van der Waals surface area (Å²) in [5.41, 5.74) is 5.30. The molecule has 0 aromatic carbocycles. The van der Waals surface area contributed by atoms with Gasteiger partial charge in [-0.3, -0.25) is 0 Å². The average Bonchev–Trinajstić information content (AvgIpc) is 1.91. The molecule has 3 N–H and O–H groups in total. The molecule has 0 aromatic heterocycles. The highest BCUT2D eigenvalue weighted by atomic mass is 35.5. The van der Waals surface area contributed by atoms with Gasteiger partial charge in [0.2, 0.25) is 0 Å². The molecule has 0 spiro atoms. The van der Waals surface area contributed by atoms with E-state index in [1.165, 1.54) is 0 Å². The lowest BCUT2D eigenvalue weighted by Gasteiger charge is -2.01. The van der Waals surface area contributed by atoms with Gasteiger partial charge in [-0.15, -0.1) is 12.4 Å². The Hall–Kier alpha value is 0.170. The topological polar surface area (TPSA) is 55.5 Å². The fourth-order valence-electron chi connectivity index (χ4n) is 0.560. The molecule has 1 fully saturated rings. The maximum atomic E-state index is 8.75. The van der Waals surface area contributed by atoms with Gasteiger partial charge in [-0.25, -0.2) is 0 Å². The molecule has 2 atom stereocenters. The van der Waals surface area contributed by atoms with E-state index >= 15 is 0 Å². The second-order valence-electron chi connectivity index (χ2n) is 1.77. The molecule has 8 heavy (non-hydrogen) atoms. The van der Waals surface area contributed by atoms with Crippen molar-refractivity contribution in [2.45, 2.75) is 12.1 Å². The predicted octanol–water partition coefficient (Wildman–Crippen LogP) is -0.873. The van der Waals surface area contributed by atoms with E-state index in [-0.39, 0.29) is 18.4 Å². The Kier molecular flexibility index (Phi) is 3.31. The fraction of sp³-hybridized carbons (Fsp3) is 1.00. The third kappa shape index (κ3) is 1.59. The van der Waals surface area contributed by atoms with Crippen molar-refractivity contribution in [1.82, 2.24) is 0 Å². The Balaban J connectivity index is 0.000000490. The van der Waals surface area contributed by atoms with Crippen LogP contribution in [0.2, 0.25) is 0 Å². The molecule has 0 bridgehead atoms. The zero-order chi connectivity index (χ0) is 5.28. The van der Waals surface area contributed by atoms with Crippen LogP contribution in [0.3, 0.4) is 0 Å². The summed E-state index contributed by atoms with van der Waals surface area (Å²) in [6, 6.07) is -0.153. The number of aliphatic hydroxyl groups excluding tert-OH is 1. The van der Waals surface area contributed by atoms with Gasteiger partial charge in [-0.1, -0.05) is 0 Å². The molecule has 0 radical (unpaired) electrons. The molecular weight excluding hydrogens is 130 g/mol. The Bertz CT molecular complexity index is 63.1. The zero-order valence-corrected chi connectivity index (χ0v) is 5.23. The van der Waals surface area contributed by atoms with E-state index in [9.17, 15) is 0 Å².